The zero-order valence-electron chi connectivity index (χ0n) is 13.6. The fraction of sp³-hybridized carbons (Fsp3) is 0.562. The number of nitrogens with two attached hydrogens (primary N) is 2. The Bertz CT molecular complexity index is 418. The average Bonchev–Trinajstić information content (AvgIpc) is 3.34. The van der Waals surface area contributed by atoms with Crippen LogP contribution >= 0.6 is 0 Å². The number of ether oxygens (including phenoxy) is 1. The molecule has 1 saturated carbocycles. The summed E-state index contributed by atoms with van der Waals surface area (Å²) in [5.41, 5.74) is 11.6. The molecule has 1 aliphatic carbocycles. The molecule has 120 valence electrons. The second kappa shape index (κ2) is 11.0. The molecule has 0 saturated heterocycles. The van der Waals surface area contributed by atoms with Gasteiger partial charge in [-0.1, -0.05) is 26.8 Å². The number of carbonyl (C=O) groups excluding carboxylic acids is 1. The Hall–Kier alpha value is -1.75. The van der Waals surface area contributed by atoms with Gasteiger partial charge in [0.15, 0.2) is 0 Å². The molecular weight excluding hydrogens is 266 g/mol. The summed E-state index contributed by atoms with van der Waals surface area (Å²) in [4.78, 5) is 10.9. The number of hydrogen-bond acceptors (Lipinski definition) is 3. The molecule has 0 aromatic heterocycles. The quantitative estimate of drug-likeness (QED) is 0.777. The van der Waals surface area contributed by atoms with E-state index in [1.807, 2.05) is 32.9 Å². The van der Waals surface area contributed by atoms with Crippen LogP contribution in [0.5, 0.6) is 5.75 Å². The van der Waals surface area contributed by atoms with Crippen molar-refractivity contribution in [2.24, 2.45) is 11.5 Å². The first-order chi connectivity index (χ1) is 10.2. The number of anilines is 1. The number of carbonyl (C=O) groups is 1. The van der Waals surface area contributed by atoms with Gasteiger partial charge in [-0.25, -0.2) is 4.79 Å². The average molecular weight is 295 g/mol. The lowest BCUT2D eigenvalue weighted by molar-refractivity contribution is 0.259. The molecule has 0 atom stereocenters. The summed E-state index contributed by atoms with van der Waals surface area (Å²) in [6.45, 7) is 6.68. The SMILES string of the molecule is CC.CCCOc1ccc(C2CC2)cc1NC(N)=O.CN. The van der Waals surface area contributed by atoms with Crippen LogP contribution in [0.1, 0.15) is 51.5 Å². The van der Waals surface area contributed by atoms with Gasteiger partial charge in [-0.15, -0.1) is 0 Å². The summed E-state index contributed by atoms with van der Waals surface area (Å²) in [5, 5.41) is 2.62. The lowest BCUT2D eigenvalue weighted by atomic mass is 10.1. The zero-order valence-corrected chi connectivity index (χ0v) is 13.6. The lowest BCUT2D eigenvalue weighted by Crippen LogP contribution is -2.20. The minimum Gasteiger partial charge on any atom is -0.491 e. The van der Waals surface area contributed by atoms with Crippen molar-refractivity contribution in [2.45, 2.75) is 46.0 Å². The van der Waals surface area contributed by atoms with E-state index < -0.39 is 6.03 Å². The number of rotatable bonds is 5. The number of nitrogens with one attached hydrogen (secondary N) is 1. The van der Waals surface area contributed by atoms with Crippen molar-refractivity contribution in [1.82, 2.24) is 0 Å². The summed E-state index contributed by atoms with van der Waals surface area (Å²) in [6, 6.07) is 5.39. The number of urea groups is 1. The normalized spacial score (nSPS) is 12.2. The number of benzene rings is 1. The Morgan fingerprint density at radius 2 is 1.95 bits per heavy atom. The third kappa shape index (κ3) is 6.99. The first kappa shape index (κ1) is 19.2. The molecule has 0 aliphatic heterocycles. The molecule has 1 aromatic carbocycles. The molecule has 2 amide bonds. The van der Waals surface area contributed by atoms with Gasteiger partial charge in [0.05, 0.1) is 12.3 Å². The number of amides is 2. The van der Waals surface area contributed by atoms with Gasteiger partial charge >= 0.3 is 6.03 Å². The molecule has 1 aromatic rings. The molecule has 0 bridgehead atoms. The van der Waals surface area contributed by atoms with E-state index in [1.165, 1.54) is 25.5 Å². The van der Waals surface area contributed by atoms with Gasteiger partial charge in [-0.05, 0) is 49.9 Å². The van der Waals surface area contributed by atoms with E-state index in [2.05, 4.69) is 17.1 Å². The molecule has 0 unspecified atom stereocenters. The Balaban J connectivity index is 0.000000921. The smallest absolute Gasteiger partial charge is 0.316 e. The number of primary amides is 1. The summed E-state index contributed by atoms with van der Waals surface area (Å²) >= 11 is 0. The monoisotopic (exact) mass is 295 g/mol. The molecule has 5 N–H and O–H groups in total. The second-order valence-corrected chi connectivity index (χ2v) is 4.37. The molecule has 0 spiro atoms. The van der Waals surface area contributed by atoms with Crippen LogP contribution in [0.2, 0.25) is 0 Å². The summed E-state index contributed by atoms with van der Waals surface area (Å²) in [6.07, 6.45) is 3.39. The van der Waals surface area contributed by atoms with E-state index in [1.54, 1.807) is 0 Å². The van der Waals surface area contributed by atoms with E-state index in [-0.39, 0.29) is 0 Å². The van der Waals surface area contributed by atoms with Crippen molar-refractivity contribution in [2.75, 3.05) is 19.0 Å². The molecule has 21 heavy (non-hydrogen) atoms. The molecule has 0 heterocycles. The van der Waals surface area contributed by atoms with Gasteiger partial charge in [0, 0.05) is 0 Å². The largest absolute Gasteiger partial charge is 0.491 e. The topological polar surface area (TPSA) is 90.4 Å². The molecule has 2 rings (SSSR count). The van der Waals surface area contributed by atoms with Crippen LogP contribution in [0.25, 0.3) is 0 Å². The molecule has 0 radical (unpaired) electrons. The molecule has 5 nitrogen and oxygen atoms in total. The van der Waals surface area contributed by atoms with E-state index in [9.17, 15) is 4.79 Å². The lowest BCUT2D eigenvalue weighted by Gasteiger charge is -2.12. The van der Waals surface area contributed by atoms with Crippen molar-refractivity contribution in [3.05, 3.63) is 23.8 Å². The standard InChI is InChI=1S/C13H18N2O2.C2H6.CH5N/c1-2-7-17-12-6-5-10(9-3-4-9)8-11(12)15-13(14)16;2*1-2/h5-6,8-9H,2-4,7H2,1H3,(H3,14,15,16);1-2H3;2H2,1H3. The van der Waals surface area contributed by atoms with Crippen LogP contribution in [-0.4, -0.2) is 19.7 Å². The second-order valence-electron chi connectivity index (χ2n) is 4.37. The highest BCUT2D eigenvalue weighted by molar-refractivity contribution is 5.89. The van der Waals surface area contributed by atoms with Crippen LogP contribution < -0.4 is 21.5 Å². The predicted molar refractivity (Wildman–Crippen MR) is 88.9 cm³/mol. The van der Waals surface area contributed by atoms with Gasteiger partial charge in [-0.3, -0.25) is 0 Å². The molecule has 1 fully saturated rings. The Morgan fingerprint density at radius 1 is 1.33 bits per heavy atom. The van der Waals surface area contributed by atoms with E-state index in [4.69, 9.17) is 10.5 Å². The highest BCUT2D eigenvalue weighted by Gasteiger charge is 2.24. The van der Waals surface area contributed by atoms with Crippen molar-refractivity contribution in [1.29, 1.82) is 0 Å². The predicted octanol–water partition coefficient (Wildman–Crippen LogP) is 3.44. The molecule has 5 heteroatoms. The van der Waals surface area contributed by atoms with Crippen molar-refractivity contribution >= 4 is 11.7 Å². The van der Waals surface area contributed by atoms with Crippen molar-refractivity contribution in [3.8, 4) is 5.75 Å². The molecular formula is C16H29N3O2. The highest BCUT2D eigenvalue weighted by atomic mass is 16.5. The minimum absolute atomic E-state index is 0.556. The van der Waals surface area contributed by atoms with Crippen LogP contribution in [0, 0.1) is 0 Å². The van der Waals surface area contributed by atoms with E-state index in [0.717, 1.165) is 6.42 Å². The summed E-state index contributed by atoms with van der Waals surface area (Å²) < 4.78 is 5.57. The van der Waals surface area contributed by atoms with Crippen LogP contribution in [-0.2, 0) is 0 Å². The van der Waals surface area contributed by atoms with Crippen molar-refractivity contribution < 1.29 is 9.53 Å². The first-order valence-corrected chi connectivity index (χ1v) is 7.61. The maximum absolute atomic E-state index is 10.9. The third-order valence-electron chi connectivity index (χ3n) is 2.77. The van der Waals surface area contributed by atoms with Crippen molar-refractivity contribution in [3.63, 3.8) is 0 Å². The summed E-state index contributed by atoms with van der Waals surface area (Å²) in [7, 11) is 1.50. The van der Waals surface area contributed by atoms with Crippen LogP contribution in [0.15, 0.2) is 18.2 Å². The fourth-order valence-electron chi connectivity index (χ4n) is 1.79. The van der Waals surface area contributed by atoms with Gasteiger partial charge in [0.1, 0.15) is 5.75 Å². The summed E-state index contributed by atoms with van der Waals surface area (Å²) in [5.74, 6) is 1.33. The Morgan fingerprint density at radius 3 is 2.43 bits per heavy atom. The fourth-order valence-corrected chi connectivity index (χ4v) is 1.79. The third-order valence-corrected chi connectivity index (χ3v) is 2.77. The van der Waals surface area contributed by atoms with Crippen LogP contribution in [0.4, 0.5) is 10.5 Å². The molecule has 1 aliphatic rings. The van der Waals surface area contributed by atoms with Gasteiger partial charge < -0.3 is 21.5 Å². The van der Waals surface area contributed by atoms with E-state index >= 15 is 0 Å². The zero-order chi connectivity index (χ0) is 16.3. The van der Waals surface area contributed by atoms with E-state index in [0.29, 0.717) is 24.0 Å². The Labute approximate surface area is 128 Å². The highest BCUT2D eigenvalue weighted by Crippen LogP contribution is 2.42. The number of hydrogen-bond donors (Lipinski definition) is 3. The van der Waals surface area contributed by atoms with Gasteiger partial charge in [-0.2, -0.15) is 0 Å². The van der Waals surface area contributed by atoms with Gasteiger partial charge in [0.25, 0.3) is 0 Å². The first-order valence-electron chi connectivity index (χ1n) is 7.61. The van der Waals surface area contributed by atoms with Crippen LogP contribution in [0.3, 0.4) is 0 Å². The maximum Gasteiger partial charge on any atom is 0.316 e. The maximum atomic E-state index is 10.9. The van der Waals surface area contributed by atoms with Gasteiger partial charge in [0.2, 0.25) is 0 Å². The Kier molecular flexibility index (Phi) is 10.1. The minimum atomic E-state index is -0.556.